The third-order valence-corrected chi connectivity index (χ3v) is 3.96. The zero-order valence-corrected chi connectivity index (χ0v) is 11.9. The maximum absolute atomic E-state index is 12.4. The summed E-state index contributed by atoms with van der Waals surface area (Å²) >= 11 is 3.33. The number of nitrogens with zero attached hydrogens (tertiary/aromatic N) is 1. The van der Waals surface area contributed by atoms with Crippen molar-refractivity contribution >= 4 is 27.5 Å². The van der Waals surface area contributed by atoms with Crippen LogP contribution in [0.5, 0.6) is 0 Å². The Morgan fingerprint density at radius 1 is 1.56 bits per heavy atom. The van der Waals surface area contributed by atoms with E-state index in [2.05, 4.69) is 22.9 Å². The number of carbonyl (C=O) groups excluding carboxylic acids is 1. The summed E-state index contributed by atoms with van der Waals surface area (Å²) in [4.78, 5) is 14.1. The number of nitrogen functional groups attached to an aromatic ring is 1. The first kappa shape index (κ1) is 13.4. The molecule has 4 nitrogen and oxygen atoms in total. The van der Waals surface area contributed by atoms with Gasteiger partial charge in [-0.1, -0.05) is 22.9 Å². The van der Waals surface area contributed by atoms with Crippen molar-refractivity contribution in [1.29, 1.82) is 0 Å². The van der Waals surface area contributed by atoms with E-state index in [9.17, 15) is 9.90 Å². The van der Waals surface area contributed by atoms with Crippen molar-refractivity contribution in [3.05, 3.63) is 28.2 Å². The summed E-state index contributed by atoms with van der Waals surface area (Å²) in [7, 11) is 0. The Morgan fingerprint density at radius 2 is 2.28 bits per heavy atom. The topological polar surface area (TPSA) is 66.6 Å². The number of benzene rings is 1. The molecule has 3 N–H and O–H groups in total. The molecule has 5 heteroatoms. The van der Waals surface area contributed by atoms with Crippen LogP contribution < -0.4 is 5.73 Å². The normalized spacial score (nSPS) is 23.4. The van der Waals surface area contributed by atoms with Gasteiger partial charge < -0.3 is 15.7 Å². The second-order valence-corrected chi connectivity index (χ2v) is 5.70. The molecule has 0 saturated carbocycles. The van der Waals surface area contributed by atoms with E-state index in [1.165, 1.54) is 0 Å². The molecular weight excluding hydrogens is 296 g/mol. The molecular formula is C13H17BrN2O2. The van der Waals surface area contributed by atoms with Crippen LogP contribution in [0.15, 0.2) is 22.7 Å². The van der Waals surface area contributed by atoms with Crippen molar-refractivity contribution in [1.82, 2.24) is 4.90 Å². The molecule has 1 saturated heterocycles. The number of carbonyl (C=O) groups is 1. The van der Waals surface area contributed by atoms with E-state index in [1.54, 1.807) is 23.1 Å². The first-order chi connectivity index (χ1) is 8.52. The van der Waals surface area contributed by atoms with Gasteiger partial charge in [0.15, 0.2) is 0 Å². The van der Waals surface area contributed by atoms with Crippen molar-refractivity contribution in [2.24, 2.45) is 5.92 Å². The fourth-order valence-electron chi connectivity index (χ4n) is 2.44. The number of aliphatic hydroxyl groups is 1. The van der Waals surface area contributed by atoms with Crippen LogP contribution in [0.2, 0.25) is 0 Å². The molecule has 0 bridgehead atoms. The Bertz CT molecular complexity index is 444. The lowest BCUT2D eigenvalue weighted by molar-refractivity contribution is 0.0648. The maximum Gasteiger partial charge on any atom is 0.254 e. The minimum atomic E-state index is -0.0855. The first-order valence-corrected chi connectivity index (χ1v) is 6.80. The van der Waals surface area contributed by atoms with Crippen molar-refractivity contribution in [3.8, 4) is 0 Å². The van der Waals surface area contributed by atoms with Crippen LogP contribution in [0.25, 0.3) is 0 Å². The number of likely N-dealkylation sites (tertiary alicyclic amines) is 1. The molecule has 2 rings (SSSR count). The van der Waals surface area contributed by atoms with Crippen LogP contribution in [0.4, 0.5) is 5.69 Å². The lowest BCUT2D eigenvalue weighted by atomic mass is 10.0. The summed E-state index contributed by atoms with van der Waals surface area (Å²) in [6.45, 7) is 2.76. The molecule has 2 unspecified atom stereocenters. The third kappa shape index (κ3) is 2.52. The van der Waals surface area contributed by atoms with E-state index < -0.39 is 0 Å². The number of hydrogen-bond donors (Lipinski definition) is 2. The highest BCUT2D eigenvalue weighted by atomic mass is 79.9. The number of rotatable bonds is 2. The van der Waals surface area contributed by atoms with Crippen LogP contribution in [0, 0.1) is 5.92 Å². The predicted octanol–water partition coefficient (Wildman–Crippen LogP) is 1.87. The molecule has 1 amide bonds. The van der Waals surface area contributed by atoms with Gasteiger partial charge in [0.1, 0.15) is 0 Å². The molecule has 18 heavy (non-hydrogen) atoms. The van der Waals surface area contributed by atoms with Gasteiger partial charge in [0, 0.05) is 22.3 Å². The van der Waals surface area contributed by atoms with Gasteiger partial charge >= 0.3 is 0 Å². The van der Waals surface area contributed by atoms with Crippen LogP contribution >= 0.6 is 15.9 Å². The summed E-state index contributed by atoms with van der Waals surface area (Å²) < 4.78 is 0.790. The molecule has 98 valence electrons. The predicted molar refractivity (Wildman–Crippen MR) is 74.2 cm³/mol. The highest BCUT2D eigenvalue weighted by molar-refractivity contribution is 9.10. The van der Waals surface area contributed by atoms with E-state index in [-0.39, 0.29) is 18.6 Å². The van der Waals surface area contributed by atoms with Gasteiger partial charge in [-0.3, -0.25) is 4.79 Å². The number of anilines is 1. The lowest BCUT2D eigenvalue weighted by Crippen LogP contribution is -2.39. The zero-order valence-electron chi connectivity index (χ0n) is 10.3. The summed E-state index contributed by atoms with van der Waals surface area (Å²) in [5, 5.41) is 9.38. The first-order valence-electron chi connectivity index (χ1n) is 6.01. The van der Waals surface area contributed by atoms with E-state index in [4.69, 9.17) is 5.73 Å². The van der Waals surface area contributed by atoms with Crippen molar-refractivity contribution in [2.75, 3.05) is 18.9 Å². The van der Waals surface area contributed by atoms with Crippen LogP contribution in [-0.2, 0) is 0 Å². The molecule has 1 heterocycles. The van der Waals surface area contributed by atoms with Crippen LogP contribution in [0.1, 0.15) is 23.7 Å². The second-order valence-electron chi connectivity index (χ2n) is 4.79. The quantitative estimate of drug-likeness (QED) is 0.819. The minimum Gasteiger partial charge on any atom is -0.399 e. The summed E-state index contributed by atoms with van der Waals surface area (Å²) in [5.41, 5.74) is 6.86. The van der Waals surface area contributed by atoms with Gasteiger partial charge in [0.25, 0.3) is 5.91 Å². The Kier molecular flexibility index (Phi) is 3.92. The lowest BCUT2D eigenvalue weighted by Gasteiger charge is -2.25. The molecule has 1 aromatic rings. The molecule has 0 spiro atoms. The molecule has 0 radical (unpaired) electrons. The Balaban J connectivity index is 2.25. The minimum absolute atomic E-state index is 0.0103. The molecule has 0 aromatic heterocycles. The van der Waals surface area contributed by atoms with E-state index >= 15 is 0 Å². The SMILES string of the molecule is CC1CCN(C(=O)c2cc(N)cc(Br)c2)C1CO. The van der Waals surface area contributed by atoms with Crippen molar-refractivity contribution in [3.63, 3.8) is 0 Å². The van der Waals surface area contributed by atoms with E-state index in [1.807, 2.05) is 0 Å². The van der Waals surface area contributed by atoms with Crippen LogP contribution in [0.3, 0.4) is 0 Å². The van der Waals surface area contributed by atoms with Gasteiger partial charge in [-0.05, 0) is 30.5 Å². The summed E-state index contributed by atoms with van der Waals surface area (Å²) in [6.07, 6.45) is 0.931. The number of halogens is 1. The highest BCUT2D eigenvalue weighted by Gasteiger charge is 2.34. The summed E-state index contributed by atoms with van der Waals surface area (Å²) in [5.74, 6) is 0.273. The number of amides is 1. The molecule has 1 aliphatic rings. The molecule has 1 fully saturated rings. The van der Waals surface area contributed by atoms with Gasteiger partial charge in [0.05, 0.1) is 12.6 Å². The third-order valence-electron chi connectivity index (χ3n) is 3.50. The average molecular weight is 313 g/mol. The smallest absolute Gasteiger partial charge is 0.254 e. The molecule has 2 atom stereocenters. The fourth-order valence-corrected chi connectivity index (χ4v) is 2.95. The largest absolute Gasteiger partial charge is 0.399 e. The Morgan fingerprint density at radius 3 is 2.89 bits per heavy atom. The summed E-state index contributed by atoms with van der Waals surface area (Å²) in [6, 6.07) is 5.10. The average Bonchev–Trinajstić information content (AvgIpc) is 2.68. The highest BCUT2D eigenvalue weighted by Crippen LogP contribution is 2.26. The number of nitrogens with two attached hydrogens (primary N) is 1. The number of aliphatic hydroxyl groups excluding tert-OH is 1. The van der Waals surface area contributed by atoms with Gasteiger partial charge in [-0.15, -0.1) is 0 Å². The number of hydrogen-bond acceptors (Lipinski definition) is 3. The van der Waals surface area contributed by atoms with Crippen LogP contribution in [-0.4, -0.2) is 35.1 Å². The Hall–Kier alpha value is -1.07. The molecule has 1 aliphatic heterocycles. The van der Waals surface area contributed by atoms with Gasteiger partial charge in [-0.2, -0.15) is 0 Å². The Labute approximate surface area is 115 Å². The molecule has 0 aliphatic carbocycles. The standard InChI is InChI=1S/C13H17BrN2O2/c1-8-2-3-16(12(8)7-17)13(18)9-4-10(14)6-11(15)5-9/h4-6,8,12,17H,2-3,7,15H2,1H3. The van der Waals surface area contributed by atoms with Gasteiger partial charge in [-0.25, -0.2) is 0 Å². The van der Waals surface area contributed by atoms with E-state index in [0.29, 0.717) is 23.7 Å². The monoisotopic (exact) mass is 312 g/mol. The molecule has 1 aromatic carbocycles. The van der Waals surface area contributed by atoms with E-state index in [0.717, 1.165) is 10.9 Å². The maximum atomic E-state index is 12.4. The second kappa shape index (κ2) is 5.28. The van der Waals surface area contributed by atoms with Crippen molar-refractivity contribution in [2.45, 2.75) is 19.4 Å². The zero-order chi connectivity index (χ0) is 13.3. The fraction of sp³-hybridized carbons (Fsp3) is 0.462. The van der Waals surface area contributed by atoms with Crippen molar-refractivity contribution < 1.29 is 9.90 Å². The van der Waals surface area contributed by atoms with Gasteiger partial charge in [0.2, 0.25) is 0 Å².